The van der Waals surface area contributed by atoms with Crippen molar-refractivity contribution in [2.45, 2.75) is 37.8 Å². The minimum Gasteiger partial charge on any atom is -0.383 e. The molecule has 2 saturated carbocycles. The van der Waals surface area contributed by atoms with Gasteiger partial charge >= 0.3 is 0 Å². The minimum atomic E-state index is -0.269. The number of hydrogen-bond donors (Lipinski definition) is 2. The van der Waals surface area contributed by atoms with Gasteiger partial charge in [-0.3, -0.25) is 9.59 Å². The van der Waals surface area contributed by atoms with E-state index in [2.05, 4.69) is 25.1 Å². The maximum Gasteiger partial charge on any atom is 0.256 e. The first-order chi connectivity index (χ1) is 20.0. The fourth-order valence-electron chi connectivity index (χ4n) is 6.11. The molecular formula is C30H27N9O2. The SMILES string of the molecule is [C-]#[N+]/C(=C\C1CC1)C(=O)N1C[C@H]2CC(n3nc(-c4ccc(C(=O)Nc5ccccn5)cc4)c4c(N)ncnc43)[C@H]1C2. The van der Waals surface area contributed by atoms with Gasteiger partial charge in [0.1, 0.15) is 23.7 Å². The van der Waals surface area contributed by atoms with Gasteiger partial charge < -0.3 is 16.0 Å². The average Bonchev–Trinajstić information content (AvgIpc) is 3.39. The lowest BCUT2D eigenvalue weighted by molar-refractivity contribution is -0.129. The van der Waals surface area contributed by atoms with E-state index in [1.54, 1.807) is 36.5 Å². The number of benzene rings is 1. The van der Waals surface area contributed by atoms with Gasteiger partial charge in [-0.25, -0.2) is 24.5 Å². The zero-order valence-corrected chi connectivity index (χ0v) is 22.1. The van der Waals surface area contributed by atoms with E-state index < -0.39 is 0 Å². The molecule has 0 radical (unpaired) electrons. The predicted molar refractivity (Wildman–Crippen MR) is 152 cm³/mol. The van der Waals surface area contributed by atoms with Crippen LogP contribution in [0, 0.1) is 18.4 Å². The second-order valence-corrected chi connectivity index (χ2v) is 10.9. The summed E-state index contributed by atoms with van der Waals surface area (Å²) in [4.78, 5) is 44.5. The molecule has 2 aliphatic carbocycles. The van der Waals surface area contributed by atoms with Gasteiger partial charge in [0.2, 0.25) is 5.70 Å². The lowest BCUT2D eigenvalue weighted by Gasteiger charge is -2.33. The highest BCUT2D eigenvalue weighted by Crippen LogP contribution is 2.47. The summed E-state index contributed by atoms with van der Waals surface area (Å²) in [5.41, 5.74) is 9.04. The number of piperidine rings is 1. The van der Waals surface area contributed by atoms with Crippen molar-refractivity contribution in [2.75, 3.05) is 17.6 Å². The van der Waals surface area contributed by atoms with E-state index in [4.69, 9.17) is 17.4 Å². The number of nitrogens with zero attached hydrogens (tertiary/aromatic N) is 7. The Morgan fingerprint density at radius 1 is 1.05 bits per heavy atom. The third-order valence-corrected chi connectivity index (χ3v) is 8.22. The van der Waals surface area contributed by atoms with Gasteiger partial charge in [0.05, 0.1) is 24.0 Å². The van der Waals surface area contributed by atoms with Gasteiger partial charge in [0.25, 0.3) is 11.8 Å². The van der Waals surface area contributed by atoms with E-state index >= 15 is 0 Å². The highest BCUT2D eigenvalue weighted by Gasteiger charge is 2.49. The Morgan fingerprint density at radius 3 is 2.56 bits per heavy atom. The monoisotopic (exact) mass is 545 g/mol. The summed E-state index contributed by atoms with van der Waals surface area (Å²) in [7, 11) is 0. The zero-order valence-electron chi connectivity index (χ0n) is 22.1. The molecule has 3 atom stereocenters. The largest absolute Gasteiger partial charge is 0.383 e. The van der Waals surface area contributed by atoms with E-state index in [0.717, 1.165) is 31.2 Å². The van der Waals surface area contributed by atoms with Gasteiger partial charge in [0.15, 0.2) is 5.65 Å². The van der Waals surface area contributed by atoms with Gasteiger partial charge in [0, 0.05) is 23.9 Å². The predicted octanol–water partition coefficient (Wildman–Crippen LogP) is 4.10. The number of pyridine rings is 1. The number of carbonyl (C=O) groups is 2. The molecule has 4 heterocycles. The topological polar surface area (TPSA) is 136 Å². The molecule has 1 unspecified atom stereocenters. The Hall–Kier alpha value is -5.11. The number of anilines is 2. The minimum absolute atomic E-state index is 0.0818. The van der Waals surface area contributed by atoms with Crippen molar-refractivity contribution in [1.29, 1.82) is 0 Å². The summed E-state index contributed by atoms with van der Waals surface area (Å²) in [5.74, 6) is 1.02. The fourth-order valence-corrected chi connectivity index (χ4v) is 6.11. The maximum absolute atomic E-state index is 13.4. The summed E-state index contributed by atoms with van der Waals surface area (Å²) in [6.07, 6.45) is 8.69. The molecule has 3 N–H and O–H groups in total. The van der Waals surface area contributed by atoms with Crippen LogP contribution in [0.5, 0.6) is 0 Å². The molecule has 1 saturated heterocycles. The summed E-state index contributed by atoms with van der Waals surface area (Å²) in [6.45, 7) is 8.24. The van der Waals surface area contributed by atoms with Gasteiger partial charge in [-0.15, -0.1) is 0 Å². The van der Waals surface area contributed by atoms with Crippen LogP contribution in [0.1, 0.15) is 42.1 Å². The van der Waals surface area contributed by atoms with Crippen LogP contribution < -0.4 is 11.1 Å². The third-order valence-electron chi connectivity index (χ3n) is 8.22. The number of rotatable bonds is 6. The Morgan fingerprint density at radius 2 is 1.85 bits per heavy atom. The standard InChI is InChI=1S/C30H27N9O2/c1-32-21(12-17-5-6-17)30(41)38-15-18-13-22(38)23(14-18)39-28-25(27(31)34-16-35-28)26(37-39)19-7-9-20(10-8-19)29(40)36-24-4-2-3-11-33-24/h2-4,7-12,16-18,22-23H,5-6,13-15H2,(H2,31,34,35)(H,33,36,40)/b21-12-/t18-,22-,23?/m1/s1. The van der Waals surface area contributed by atoms with E-state index in [1.807, 2.05) is 27.8 Å². The van der Waals surface area contributed by atoms with Crippen LogP contribution in [0.2, 0.25) is 0 Å². The second-order valence-electron chi connectivity index (χ2n) is 10.9. The van der Waals surface area contributed by atoms with E-state index in [1.165, 1.54) is 6.33 Å². The Bertz CT molecular complexity index is 1740. The normalized spacial score (nSPS) is 21.7. The Balaban J connectivity index is 1.20. The molecule has 3 aromatic heterocycles. The number of nitrogen functional groups attached to an aromatic ring is 1. The smallest absolute Gasteiger partial charge is 0.256 e. The van der Waals surface area contributed by atoms with Crippen molar-refractivity contribution >= 4 is 34.5 Å². The summed E-state index contributed by atoms with van der Waals surface area (Å²) in [5, 5.41) is 8.41. The number of amides is 2. The molecule has 3 aliphatic rings. The molecule has 2 amide bonds. The van der Waals surface area contributed by atoms with Crippen LogP contribution in [0.15, 0.2) is 66.8 Å². The quantitative estimate of drug-likeness (QED) is 0.275. The number of likely N-dealkylation sites (tertiary alicyclic amines) is 1. The molecule has 7 rings (SSSR count). The number of fused-ring (bicyclic) bond motifs is 3. The first kappa shape index (κ1) is 24.9. The summed E-state index contributed by atoms with van der Waals surface area (Å²) in [6, 6.07) is 12.3. The van der Waals surface area contributed by atoms with Gasteiger partial charge in [-0.05, 0) is 61.8 Å². The summed E-state index contributed by atoms with van der Waals surface area (Å²) >= 11 is 0. The van der Waals surface area contributed by atoms with E-state index in [-0.39, 0.29) is 29.6 Å². The lowest BCUT2D eigenvalue weighted by atomic mass is 10.0. The highest BCUT2D eigenvalue weighted by molar-refractivity contribution is 6.04. The van der Waals surface area contributed by atoms with Gasteiger partial charge in [-0.1, -0.05) is 24.3 Å². The van der Waals surface area contributed by atoms with Crippen LogP contribution in [-0.4, -0.2) is 54.0 Å². The molecule has 4 aromatic rings. The number of nitrogens with two attached hydrogens (primary N) is 1. The van der Waals surface area contributed by atoms with Crippen LogP contribution in [-0.2, 0) is 4.79 Å². The lowest BCUT2D eigenvalue weighted by Crippen LogP contribution is -2.43. The Kier molecular flexibility index (Phi) is 5.96. The molecule has 2 bridgehead atoms. The van der Waals surface area contributed by atoms with E-state index in [9.17, 15) is 9.59 Å². The highest BCUT2D eigenvalue weighted by atomic mass is 16.2. The van der Waals surface area contributed by atoms with E-state index in [0.29, 0.717) is 52.3 Å². The number of aromatic nitrogens is 5. The number of hydrogen-bond acceptors (Lipinski definition) is 7. The molecular weight excluding hydrogens is 518 g/mol. The maximum atomic E-state index is 13.4. The third kappa shape index (κ3) is 4.47. The van der Waals surface area contributed by atoms with Crippen LogP contribution in [0.3, 0.4) is 0 Å². The fraction of sp³-hybridized carbons (Fsp3) is 0.300. The molecule has 11 nitrogen and oxygen atoms in total. The summed E-state index contributed by atoms with van der Waals surface area (Å²) < 4.78 is 1.89. The van der Waals surface area contributed by atoms with Crippen molar-refractivity contribution in [3.63, 3.8) is 0 Å². The molecule has 41 heavy (non-hydrogen) atoms. The van der Waals surface area contributed by atoms with Crippen LogP contribution in [0.25, 0.3) is 27.1 Å². The van der Waals surface area contributed by atoms with Crippen molar-refractivity contribution in [3.05, 3.63) is 83.7 Å². The van der Waals surface area contributed by atoms with Crippen molar-refractivity contribution in [1.82, 2.24) is 29.6 Å². The molecule has 0 spiro atoms. The first-order valence-electron chi connectivity index (χ1n) is 13.7. The van der Waals surface area contributed by atoms with Crippen LogP contribution >= 0.6 is 0 Å². The van der Waals surface area contributed by atoms with Crippen LogP contribution in [0.4, 0.5) is 11.6 Å². The molecule has 204 valence electrons. The second kappa shape index (κ2) is 9.82. The molecule has 11 heteroatoms. The van der Waals surface area contributed by atoms with Crippen molar-refractivity contribution in [3.8, 4) is 11.3 Å². The zero-order chi connectivity index (χ0) is 28.1. The average molecular weight is 546 g/mol. The molecule has 1 aromatic carbocycles. The first-order valence-corrected chi connectivity index (χ1v) is 13.7. The number of allylic oxidation sites excluding steroid dienone is 1. The number of carbonyl (C=O) groups excluding carboxylic acids is 2. The number of nitrogens with one attached hydrogen (secondary N) is 1. The Labute approximate surface area is 235 Å². The van der Waals surface area contributed by atoms with Crippen molar-refractivity contribution < 1.29 is 9.59 Å². The molecule has 1 aliphatic heterocycles. The molecule has 3 fully saturated rings. The van der Waals surface area contributed by atoms with Gasteiger partial charge in [-0.2, -0.15) is 5.10 Å². The van der Waals surface area contributed by atoms with Crippen molar-refractivity contribution in [2.24, 2.45) is 11.8 Å².